The first kappa shape index (κ1) is 13.6. The van der Waals surface area contributed by atoms with E-state index in [2.05, 4.69) is 29.4 Å². The van der Waals surface area contributed by atoms with Gasteiger partial charge in [0.25, 0.3) is 0 Å². The molecule has 1 N–H and O–H groups in total. The maximum absolute atomic E-state index is 6.10. The second-order valence-corrected chi connectivity index (χ2v) is 5.98. The molecule has 4 nitrogen and oxygen atoms in total. The molecule has 0 radical (unpaired) electrons. The average Bonchev–Trinajstić information content (AvgIpc) is 2.75. The molecule has 114 valence electrons. The summed E-state index contributed by atoms with van der Waals surface area (Å²) in [6, 6.07) is 8.30. The van der Waals surface area contributed by atoms with E-state index in [9.17, 15) is 0 Å². The van der Waals surface area contributed by atoms with Gasteiger partial charge in [-0.25, -0.2) is 4.98 Å². The largest absolute Gasteiger partial charge is 0.486 e. The zero-order valence-corrected chi connectivity index (χ0v) is 12.8. The summed E-state index contributed by atoms with van der Waals surface area (Å²) in [6.07, 6.45) is 4.04. The van der Waals surface area contributed by atoms with Gasteiger partial charge in [0.15, 0.2) is 0 Å². The average molecular weight is 296 g/mol. The molecule has 0 aliphatic carbocycles. The van der Waals surface area contributed by atoms with Crippen LogP contribution in [0.1, 0.15) is 35.4 Å². The minimum Gasteiger partial charge on any atom is -0.486 e. The lowest BCUT2D eigenvalue weighted by molar-refractivity contribution is 0.0849. The van der Waals surface area contributed by atoms with Crippen molar-refractivity contribution in [2.24, 2.45) is 0 Å². The number of aryl methyl sites for hydroxylation is 1. The highest BCUT2D eigenvalue weighted by Gasteiger charge is 2.24. The summed E-state index contributed by atoms with van der Waals surface area (Å²) in [5.74, 6) is 2.39. The molecular weight excluding hydrogens is 276 g/mol. The Labute approximate surface area is 130 Å². The molecule has 0 spiro atoms. The Hall–Kier alpha value is -2.07. The first-order valence-electron chi connectivity index (χ1n) is 7.88. The SMILES string of the molecule is Cc1cccc2c1OCc1c(C3CCOCC3)ccnc1N2. The Morgan fingerprint density at radius 3 is 2.91 bits per heavy atom. The lowest BCUT2D eigenvalue weighted by atomic mass is 9.89. The van der Waals surface area contributed by atoms with Gasteiger partial charge in [0.1, 0.15) is 18.2 Å². The summed E-state index contributed by atoms with van der Waals surface area (Å²) in [4.78, 5) is 4.54. The molecule has 0 bridgehead atoms. The van der Waals surface area contributed by atoms with Crippen molar-refractivity contribution in [3.63, 3.8) is 0 Å². The second-order valence-electron chi connectivity index (χ2n) is 5.98. The monoisotopic (exact) mass is 296 g/mol. The summed E-state index contributed by atoms with van der Waals surface area (Å²) in [7, 11) is 0. The van der Waals surface area contributed by atoms with Gasteiger partial charge in [-0.1, -0.05) is 12.1 Å². The number of benzene rings is 1. The van der Waals surface area contributed by atoms with E-state index < -0.39 is 0 Å². The first-order chi connectivity index (χ1) is 10.8. The van der Waals surface area contributed by atoms with E-state index in [1.165, 1.54) is 11.1 Å². The number of anilines is 2. The highest BCUT2D eigenvalue weighted by molar-refractivity contribution is 5.70. The Bertz CT molecular complexity index is 693. The summed E-state index contributed by atoms with van der Waals surface area (Å²) in [6.45, 7) is 4.33. The van der Waals surface area contributed by atoms with Gasteiger partial charge in [-0.05, 0) is 48.9 Å². The van der Waals surface area contributed by atoms with Gasteiger partial charge in [-0.15, -0.1) is 0 Å². The van der Waals surface area contributed by atoms with E-state index in [0.29, 0.717) is 12.5 Å². The number of aromatic nitrogens is 1. The van der Waals surface area contributed by atoms with Crippen molar-refractivity contribution in [1.82, 2.24) is 4.98 Å². The van der Waals surface area contributed by atoms with E-state index in [0.717, 1.165) is 48.9 Å². The van der Waals surface area contributed by atoms with Gasteiger partial charge in [-0.2, -0.15) is 0 Å². The molecule has 1 aromatic heterocycles. The third kappa shape index (κ3) is 2.33. The van der Waals surface area contributed by atoms with Crippen molar-refractivity contribution in [1.29, 1.82) is 0 Å². The van der Waals surface area contributed by atoms with Crippen LogP contribution in [0.5, 0.6) is 5.75 Å². The number of hydrogen-bond acceptors (Lipinski definition) is 4. The van der Waals surface area contributed by atoms with E-state index in [-0.39, 0.29) is 0 Å². The van der Waals surface area contributed by atoms with Crippen LogP contribution in [0.3, 0.4) is 0 Å². The highest BCUT2D eigenvalue weighted by atomic mass is 16.5. The number of para-hydroxylation sites is 1. The molecule has 0 saturated carbocycles. The van der Waals surface area contributed by atoms with Crippen LogP contribution >= 0.6 is 0 Å². The fourth-order valence-electron chi connectivity index (χ4n) is 3.37. The molecule has 0 atom stereocenters. The first-order valence-corrected chi connectivity index (χ1v) is 7.88. The third-order valence-electron chi connectivity index (χ3n) is 4.58. The number of nitrogens with zero attached hydrogens (tertiary/aromatic N) is 1. The van der Waals surface area contributed by atoms with E-state index >= 15 is 0 Å². The number of ether oxygens (including phenoxy) is 2. The Kier molecular flexibility index (Phi) is 3.47. The second kappa shape index (κ2) is 5.61. The molecule has 1 aromatic carbocycles. The zero-order valence-electron chi connectivity index (χ0n) is 12.8. The molecule has 3 heterocycles. The van der Waals surface area contributed by atoms with E-state index in [1.54, 1.807) is 0 Å². The van der Waals surface area contributed by atoms with Crippen molar-refractivity contribution < 1.29 is 9.47 Å². The maximum Gasteiger partial charge on any atom is 0.146 e. The van der Waals surface area contributed by atoms with Crippen molar-refractivity contribution in [2.75, 3.05) is 18.5 Å². The Morgan fingerprint density at radius 2 is 2.05 bits per heavy atom. The van der Waals surface area contributed by atoms with E-state index in [1.807, 2.05) is 18.3 Å². The van der Waals surface area contributed by atoms with Crippen molar-refractivity contribution >= 4 is 11.5 Å². The van der Waals surface area contributed by atoms with Crippen LogP contribution in [-0.4, -0.2) is 18.2 Å². The maximum atomic E-state index is 6.10. The number of hydrogen-bond donors (Lipinski definition) is 1. The standard InChI is InChI=1S/C18H20N2O2/c1-12-3-2-4-16-17(12)22-11-15-14(5-8-19-18(15)20-16)13-6-9-21-10-7-13/h2-5,8,13H,6-7,9-11H2,1H3,(H,19,20). The molecule has 1 saturated heterocycles. The van der Waals surface area contributed by atoms with Gasteiger partial charge in [0.05, 0.1) is 5.69 Å². The fourth-order valence-corrected chi connectivity index (χ4v) is 3.37. The topological polar surface area (TPSA) is 43.4 Å². The molecule has 0 amide bonds. The Morgan fingerprint density at radius 1 is 1.18 bits per heavy atom. The van der Waals surface area contributed by atoms with Gasteiger partial charge in [0.2, 0.25) is 0 Å². The molecular formula is C18H20N2O2. The molecule has 4 heteroatoms. The van der Waals surface area contributed by atoms with Crippen LogP contribution in [0.2, 0.25) is 0 Å². The van der Waals surface area contributed by atoms with Crippen LogP contribution in [0.4, 0.5) is 11.5 Å². The van der Waals surface area contributed by atoms with Crippen LogP contribution < -0.4 is 10.1 Å². The number of rotatable bonds is 1. The van der Waals surface area contributed by atoms with Crippen molar-refractivity contribution in [3.05, 3.63) is 47.2 Å². The normalized spacial score (nSPS) is 17.7. The third-order valence-corrected chi connectivity index (χ3v) is 4.58. The predicted octanol–water partition coefficient (Wildman–Crippen LogP) is 3.92. The minimum atomic E-state index is 0.540. The number of fused-ring (bicyclic) bond motifs is 2. The fraction of sp³-hybridized carbons (Fsp3) is 0.389. The van der Waals surface area contributed by atoms with Crippen LogP contribution in [-0.2, 0) is 11.3 Å². The van der Waals surface area contributed by atoms with Gasteiger partial charge in [0, 0.05) is 25.0 Å². The lowest BCUT2D eigenvalue weighted by Gasteiger charge is -2.24. The van der Waals surface area contributed by atoms with E-state index in [4.69, 9.17) is 9.47 Å². The van der Waals surface area contributed by atoms with Crippen molar-refractivity contribution in [3.8, 4) is 5.75 Å². The molecule has 0 unspecified atom stereocenters. The summed E-state index contributed by atoms with van der Waals surface area (Å²) in [5, 5.41) is 3.46. The van der Waals surface area contributed by atoms with Crippen LogP contribution in [0.25, 0.3) is 0 Å². The van der Waals surface area contributed by atoms with Gasteiger partial charge >= 0.3 is 0 Å². The molecule has 2 aromatic rings. The van der Waals surface area contributed by atoms with Crippen LogP contribution in [0.15, 0.2) is 30.5 Å². The molecule has 2 aliphatic rings. The molecule has 1 fully saturated rings. The molecule has 2 aliphatic heterocycles. The minimum absolute atomic E-state index is 0.540. The Balaban J connectivity index is 1.74. The van der Waals surface area contributed by atoms with Crippen molar-refractivity contribution in [2.45, 2.75) is 32.3 Å². The summed E-state index contributed by atoms with van der Waals surface area (Å²) < 4.78 is 11.6. The zero-order chi connectivity index (χ0) is 14.9. The van der Waals surface area contributed by atoms with Gasteiger partial charge in [-0.3, -0.25) is 0 Å². The number of nitrogens with one attached hydrogen (secondary N) is 1. The highest BCUT2D eigenvalue weighted by Crippen LogP contribution is 2.39. The molecule has 4 rings (SSSR count). The van der Waals surface area contributed by atoms with Crippen LogP contribution in [0, 0.1) is 6.92 Å². The van der Waals surface area contributed by atoms with Gasteiger partial charge < -0.3 is 14.8 Å². The lowest BCUT2D eigenvalue weighted by Crippen LogP contribution is -2.16. The quantitative estimate of drug-likeness (QED) is 0.866. The number of pyridine rings is 1. The summed E-state index contributed by atoms with van der Waals surface area (Å²) in [5.41, 5.74) is 4.68. The smallest absolute Gasteiger partial charge is 0.146 e. The predicted molar refractivity (Wildman–Crippen MR) is 85.8 cm³/mol. The summed E-state index contributed by atoms with van der Waals surface area (Å²) >= 11 is 0. The molecule has 22 heavy (non-hydrogen) atoms.